The Morgan fingerprint density at radius 3 is 2.20 bits per heavy atom. The van der Waals surface area contributed by atoms with Crippen LogP contribution in [0.25, 0.3) is 10.8 Å². The van der Waals surface area contributed by atoms with E-state index in [1.54, 1.807) is 0 Å². The monoisotopic (exact) mass is 618 g/mol. The van der Waals surface area contributed by atoms with Crippen LogP contribution in [0.5, 0.6) is 0 Å². The molecule has 13 heteroatoms. The van der Waals surface area contributed by atoms with Crippen molar-refractivity contribution in [3.05, 3.63) is 105 Å². The summed E-state index contributed by atoms with van der Waals surface area (Å²) in [6.07, 6.45) is -8.85. The number of benzene rings is 3. The third-order valence-electron chi connectivity index (χ3n) is 7.31. The zero-order chi connectivity index (χ0) is 32.0. The number of aromatic nitrogens is 1. The van der Waals surface area contributed by atoms with Crippen LogP contribution in [0, 0.1) is 30.5 Å². The first-order valence-corrected chi connectivity index (χ1v) is 13.1. The van der Waals surface area contributed by atoms with Gasteiger partial charge in [0.05, 0.1) is 22.2 Å². The normalized spacial score (nSPS) is 15.7. The topological polar surface area (TPSA) is 92.4 Å². The van der Waals surface area contributed by atoms with E-state index in [0.29, 0.717) is 36.4 Å². The third-order valence-corrected chi connectivity index (χ3v) is 7.31. The molecule has 2 atom stereocenters. The second-order valence-corrected chi connectivity index (χ2v) is 10.4. The Bertz CT molecular complexity index is 1870. The van der Waals surface area contributed by atoms with Gasteiger partial charge in [-0.15, -0.1) is 0 Å². The van der Waals surface area contributed by atoms with Crippen molar-refractivity contribution in [3.63, 3.8) is 0 Å². The minimum Gasteiger partial charge on any atom is -0.369 e. The Hall–Kier alpha value is -4.70. The summed E-state index contributed by atoms with van der Waals surface area (Å²) in [5.74, 6) is 0.177. The number of fused-ring (bicyclic) bond motifs is 1. The van der Waals surface area contributed by atoms with Gasteiger partial charge in [-0.2, -0.15) is 26.3 Å². The van der Waals surface area contributed by atoms with Crippen LogP contribution in [0.1, 0.15) is 46.7 Å². The van der Waals surface area contributed by atoms with Crippen molar-refractivity contribution in [1.82, 2.24) is 5.16 Å². The molecule has 3 aromatic carbocycles. The first-order valence-electron chi connectivity index (χ1n) is 13.1. The molecule has 6 nitrogen and oxygen atoms in total. The van der Waals surface area contributed by atoms with Crippen LogP contribution in [-0.4, -0.2) is 21.8 Å². The number of hydrogen-bond acceptors (Lipinski definition) is 5. The lowest BCUT2D eigenvalue weighted by molar-refractivity contribution is -0.138. The molecule has 1 fully saturated rings. The lowest BCUT2D eigenvalue weighted by atomic mass is 9.77. The van der Waals surface area contributed by atoms with Crippen molar-refractivity contribution in [1.29, 1.82) is 0 Å². The predicted octanol–water partition coefficient (Wildman–Crippen LogP) is 6.59. The number of carbonyl (C=O) groups excluding carboxylic acids is 1. The minimum absolute atomic E-state index is 0.0341. The second kappa shape index (κ2) is 11.1. The molecule has 2 N–H and O–H groups in total. The average molecular weight is 619 g/mol. The zero-order valence-corrected chi connectivity index (χ0v) is 22.6. The number of aryl methyl sites for hydroxylation is 1. The van der Waals surface area contributed by atoms with E-state index in [4.69, 9.17) is 0 Å². The minimum atomic E-state index is -4.87. The van der Waals surface area contributed by atoms with Gasteiger partial charge in [-0.05, 0) is 91.9 Å². The highest BCUT2D eigenvalue weighted by atomic mass is 19.4. The molecule has 0 spiro atoms. The number of carbonyl (C=O) groups is 1. The summed E-state index contributed by atoms with van der Waals surface area (Å²) in [5, 5.41) is 18.4. The van der Waals surface area contributed by atoms with Gasteiger partial charge in [-0.25, -0.2) is 9.18 Å². The molecule has 1 heterocycles. The van der Waals surface area contributed by atoms with Crippen LogP contribution in [0.3, 0.4) is 0 Å². The molecule has 1 amide bonds. The molecule has 2 unspecified atom stereocenters. The first-order chi connectivity index (χ1) is 20.6. The summed E-state index contributed by atoms with van der Waals surface area (Å²) >= 11 is 0. The van der Waals surface area contributed by atoms with E-state index in [9.17, 15) is 41.0 Å². The maximum Gasteiger partial charge on any atom is 0.416 e. The van der Waals surface area contributed by atoms with Crippen molar-refractivity contribution in [2.45, 2.75) is 43.6 Å². The molecule has 0 radical (unpaired) electrons. The molecule has 1 aliphatic rings. The van der Waals surface area contributed by atoms with Crippen molar-refractivity contribution in [3.8, 4) is 11.8 Å². The quantitative estimate of drug-likeness (QED) is 0.195. The maximum absolute atomic E-state index is 15.2. The Labute approximate surface area is 244 Å². The Balaban J connectivity index is 1.62. The fraction of sp³-hybridized carbons (Fsp3) is 0.258. The summed E-state index contributed by atoms with van der Waals surface area (Å²) in [6.45, 7) is 1.53. The molecule has 228 valence electrons. The van der Waals surface area contributed by atoms with Crippen LogP contribution >= 0.6 is 0 Å². The first kappa shape index (κ1) is 30.7. The number of alkyl halides is 6. The van der Waals surface area contributed by atoms with Gasteiger partial charge in [0.15, 0.2) is 0 Å². The molecule has 4 aromatic rings. The fourth-order valence-electron chi connectivity index (χ4n) is 4.93. The number of rotatable bonds is 5. The van der Waals surface area contributed by atoms with Gasteiger partial charge in [0, 0.05) is 22.6 Å². The number of anilines is 1. The number of nitrogens with zero attached hydrogens (tertiary/aromatic N) is 1. The number of amides is 1. The summed E-state index contributed by atoms with van der Waals surface area (Å²) in [7, 11) is 0. The van der Waals surface area contributed by atoms with Gasteiger partial charge in [0.2, 0.25) is 5.60 Å². The molecule has 1 saturated carbocycles. The molecule has 5 rings (SSSR count). The molecule has 0 bridgehead atoms. The molecule has 1 aromatic heterocycles. The smallest absolute Gasteiger partial charge is 0.369 e. The van der Waals surface area contributed by atoms with Crippen LogP contribution < -0.4 is 10.9 Å². The molecule has 0 saturated heterocycles. The average Bonchev–Trinajstić information content (AvgIpc) is 3.79. The lowest BCUT2D eigenvalue weighted by Crippen LogP contribution is -2.48. The highest BCUT2D eigenvalue weighted by molar-refractivity contribution is 6.02. The highest BCUT2D eigenvalue weighted by Crippen LogP contribution is 2.50. The van der Waals surface area contributed by atoms with Gasteiger partial charge < -0.3 is 14.9 Å². The molecule has 0 aliphatic heterocycles. The SMILES string of the molecule is Cc1noc(=O)c2ccc(NC(=O)C(O)(C#Cc3ccc(C(F)(F)F)cc3)C(c3cc(C(F)(F)F)ccc3F)C3CC3)cc12. The van der Waals surface area contributed by atoms with E-state index in [1.807, 2.05) is 0 Å². The standard InChI is InChI=1S/C31H21F7N2O4/c1-16-23-15-21(9-10-22(23)27(41)44-40-16)39-28(42)29(43,13-12-17-2-6-19(7-3-17)30(33,34)35)26(18-4-5-18)24-14-20(31(36,37)38)8-11-25(24)32/h2-3,6-11,14-15,18,26,43H,4-5H2,1H3,(H,39,42). The predicted molar refractivity (Wildman–Crippen MR) is 144 cm³/mol. The number of aliphatic hydroxyl groups is 1. The van der Waals surface area contributed by atoms with E-state index >= 15 is 4.39 Å². The van der Waals surface area contributed by atoms with Crippen LogP contribution in [0.15, 0.2) is 70.0 Å². The van der Waals surface area contributed by atoms with Gasteiger partial charge in [-0.3, -0.25) is 4.79 Å². The summed E-state index contributed by atoms with van der Waals surface area (Å²) in [6, 6.07) is 9.06. The summed E-state index contributed by atoms with van der Waals surface area (Å²) in [4.78, 5) is 25.8. The largest absolute Gasteiger partial charge is 0.416 e. The van der Waals surface area contributed by atoms with Crippen molar-refractivity contribution in [2.75, 3.05) is 5.32 Å². The van der Waals surface area contributed by atoms with Crippen LogP contribution in [-0.2, 0) is 17.1 Å². The number of hydrogen-bond donors (Lipinski definition) is 2. The van der Waals surface area contributed by atoms with E-state index in [0.717, 1.165) is 24.3 Å². The van der Waals surface area contributed by atoms with Gasteiger partial charge in [-0.1, -0.05) is 17.0 Å². The zero-order valence-electron chi connectivity index (χ0n) is 22.6. The fourth-order valence-corrected chi connectivity index (χ4v) is 4.93. The van der Waals surface area contributed by atoms with E-state index in [-0.39, 0.29) is 22.3 Å². The lowest BCUT2D eigenvalue weighted by Gasteiger charge is -2.32. The third kappa shape index (κ3) is 6.16. The maximum atomic E-state index is 15.2. The van der Waals surface area contributed by atoms with E-state index < -0.39 is 63.8 Å². The van der Waals surface area contributed by atoms with Crippen LogP contribution in [0.2, 0.25) is 0 Å². The second-order valence-electron chi connectivity index (χ2n) is 10.4. The van der Waals surface area contributed by atoms with Gasteiger partial charge in [0.1, 0.15) is 5.82 Å². The van der Waals surface area contributed by atoms with Gasteiger partial charge in [0.25, 0.3) is 5.91 Å². The number of nitrogens with one attached hydrogen (secondary N) is 1. The molecule has 44 heavy (non-hydrogen) atoms. The van der Waals surface area contributed by atoms with Crippen molar-refractivity contribution >= 4 is 22.4 Å². The number of halogens is 7. The Kier molecular flexibility index (Phi) is 7.75. The molecular formula is C31H21F7N2O4. The van der Waals surface area contributed by atoms with Crippen molar-refractivity contribution in [2.24, 2.45) is 5.92 Å². The van der Waals surface area contributed by atoms with Crippen LogP contribution in [0.4, 0.5) is 36.4 Å². The molecular weight excluding hydrogens is 597 g/mol. The van der Waals surface area contributed by atoms with E-state index in [2.05, 4.69) is 26.8 Å². The molecule has 1 aliphatic carbocycles. The summed E-state index contributed by atoms with van der Waals surface area (Å²) < 4.78 is 99.7. The van der Waals surface area contributed by atoms with Crippen molar-refractivity contribution < 1.29 is 45.2 Å². The highest BCUT2D eigenvalue weighted by Gasteiger charge is 2.52. The van der Waals surface area contributed by atoms with E-state index in [1.165, 1.54) is 25.1 Å². The Morgan fingerprint density at radius 1 is 0.955 bits per heavy atom. The van der Waals surface area contributed by atoms with Gasteiger partial charge >= 0.3 is 18.0 Å². The Morgan fingerprint density at radius 2 is 1.59 bits per heavy atom. The summed E-state index contributed by atoms with van der Waals surface area (Å²) in [5.41, 5.74) is -6.15.